The summed E-state index contributed by atoms with van der Waals surface area (Å²) in [5, 5.41) is 0. The average Bonchev–Trinajstić information content (AvgIpc) is 2.78. The number of likely N-dealkylation sites (tertiary alicyclic amines) is 1. The fraction of sp³-hybridized carbons (Fsp3) is 0.417. The van der Waals surface area contributed by atoms with Gasteiger partial charge in [0.2, 0.25) is 0 Å². The first-order chi connectivity index (χ1) is 14.4. The molecule has 0 spiro atoms. The predicted molar refractivity (Wildman–Crippen MR) is 112 cm³/mol. The average molecular weight is 414 g/mol. The predicted octanol–water partition coefficient (Wildman–Crippen LogP) is 4.54. The summed E-state index contributed by atoms with van der Waals surface area (Å²) in [7, 11) is 0. The van der Waals surface area contributed by atoms with Crippen LogP contribution in [-0.2, 0) is 6.54 Å². The van der Waals surface area contributed by atoms with Gasteiger partial charge in [0.15, 0.2) is 5.78 Å². The normalized spacial score (nSPS) is 14.9. The summed E-state index contributed by atoms with van der Waals surface area (Å²) in [6.07, 6.45) is 0.890. The van der Waals surface area contributed by atoms with E-state index in [0.717, 1.165) is 43.4 Å². The molecule has 30 heavy (non-hydrogen) atoms. The molecule has 0 atom stereocenters. The Kier molecular flexibility index (Phi) is 7.32. The topological polar surface area (TPSA) is 40.6 Å². The number of carbonyl (C=O) groups excluding carboxylic acids is 2. The molecule has 1 aliphatic heterocycles. The minimum absolute atomic E-state index is 0.0628. The Labute approximate surface area is 176 Å². The molecule has 0 unspecified atom stereocenters. The van der Waals surface area contributed by atoms with Crippen molar-refractivity contribution in [1.29, 1.82) is 0 Å². The van der Waals surface area contributed by atoms with Crippen molar-refractivity contribution >= 4 is 11.7 Å². The Morgan fingerprint density at radius 1 is 1.00 bits per heavy atom. The van der Waals surface area contributed by atoms with Gasteiger partial charge in [-0.25, -0.2) is 8.78 Å². The fourth-order valence-electron chi connectivity index (χ4n) is 3.89. The lowest BCUT2D eigenvalue weighted by Gasteiger charge is -2.31. The number of rotatable bonds is 7. The van der Waals surface area contributed by atoms with Crippen LogP contribution in [0.15, 0.2) is 42.5 Å². The van der Waals surface area contributed by atoms with Crippen molar-refractivity contribution in [2.45, 2.75) is 33.2 Å². The maximum absolute atomic E-state index is 13.9. The van der Waals surface area contributed by atoms with Crippen molar-refractivity contribution in [3.05, 3.63) is 70.8 Å². The summed E-state index contributed by atoms with van der Waals surface area (Å²) < 4.78 is 27.3. The molecule has 0 aromatic heterocycles. The molecule has 4 nitrogen and oxygen atoms in total. The van der Waals surface area contributed by atoms with E-state index in [1.54, 1.807) is 4.90 Å². The number of halogens is 2. The number of hydrogen-bond acceptors (Lipinski definition) is 3. The van der Waals surface area contributed by atoms with Gasteiger partial charge in [-0.05, 0) is 61.8 Å². The van der Waals surface area contributed by atoms with Crippen molar-refractivity contribution in [2.24, 2.45) is 5.92 Å². The van der Waals surface area contributed by atoms with Gasteiger partial charge in [0.05, 0.1) is 5.56 Å². The van der Waals surface area contributed by atoms with E-state index in [1.165, 1.54) is 0 Å². The molecule has 0 N–H and O–H groups in total. The van der Waals surface area contributed by atoms with E-state index in [2.05, 4.69) is 18.7 Å². The lowest BCUT2D eigenvalue weighted by molar-refractivity contribution is 0.0649. The number of Topliss-reactive ketones (excluding diaryl/α,β-unsaturated/α-hetero) is 1. The van der Waals surface area contributed by atoms with E-state index < -0.39 is 17.6 Å². The van der Waals surface area contributed by atoms with Crippen molar-refractivity contribution in [3.63, 3.8) is 0 Å². The number of ketones is 1. The third-order valence-electron chi connectivity index (χ3n) is 5.85. The molecule has 0 saturated carbocycles. The third kappa shape index (κ3) is 5.11. The van der Waals surface area contributed by atoms with Gasteiger partial charge < -0.3 is 4.90 Å². The zero-order valence-electron chi connectivity index (χ0n) is 17.5. The number of nitrogens with zero attached hydrogens (tertiary/aromatic N) is 2. The van der Waals surface area contributed by atoms with Crippen LogP contribution in [0.3, 0.4) is 0 Å². The van der Waals surface area contributed by atoms with Crippen molar-refractivity contribution < 1.29 is 18.4 Å². The molecule has 2 aromatic rings. The van der Waals surface area contributed by atoms with Crippen LogP contribution in [-0.4, -0.2) is 47.7 Å². The molecule has 1 fully saturated rings. The molecule has 1 heterocycles. The molecule has 1 aliphatic rings. The zero-order chi connectivity index (χ0) is 21.7. The van der Waals surface area contributed by atoms with Crippen LogP contribution < -0.4 is 0 Å². The molecule has 160 valence electrons. The first-order valence-electron chi connectivity index (χ1n) is 10.5. The van der Waals surface area contributed by atoms with Crippen molar-refractivity contribution in [2.75, 3.05) is 26.2 Å². The van der Waals surface area contributed by atoms with Crippen LogP contribution >= 0.6 is 0 Å². The number of piperidine rings is 1. The third-order valence-corrected chi connectivity index (χ3v) is 5.85. The molecule has 1 amide bonds. The van der Waals surface area contributed by atoms with E-state index in [9.17, 15) is 18.4 Å². The fourth-order valence-corrected chi connectivity index (χ4v) is 3.89. The first kappa shape index (κ1) is 22.1. The summed E-state index contributed by atoms with van der Waals surface area (Å²) in [6, 6.07) is 10.6. The largest absolute Gasteiger partial charge is 0.339 e. The van der Waals surface area contributed by atoms with E-state index >= 15 is 0 Å². The first-order valence-corrected chi connectivity index (χ1v) is 10.5. The van der Waals surface area contributed by atoms with Gasteiger partial charge >= 0.3 is 0 Å². The molecule has 0 radical (unpaired) electrons. The van der Waals surface area contributed by atoms with E-state index in [4.69, 9.17) is 0 Å². The molecule has 0 aliphatic carbocycles. The number of carbonyl (C=O) groups is 2. The second kappa shape index (κ2) is 9.94. The highest BCUT2D eigenvalue weighted by Gasteiger charge is 2.29. The van der Waals surface area contributed by atoms with E-state index in [1.807, 2.05) is 24.3 Å². The SMILES string of the molecule is CCN(CC)Cc1ccc(C(=O)N2CCC(C(=O)c3cc(F)ccc3F)CC2)cc1. The quantitative estimate of drug-likeness (QED) is 0.625. The number of hydrogen-bond donors (Lipinski definition) is 0. The van der Waals surface area contributed by atoms with E-state index in [0.29, 0.717) is 31.5 Å². The Morgan fingerprint density at radius 3 is 2.23 bits per heavy atom. The number of benzene rings is 2. The Hall–Kier alpha value is -2.60. The standard InChI is InChI=1S/C24H28F2N2O2/c1-3-27(4-2)16-17-5-7-19(8-6-17)24(30)28-13-11-18(12-14-28)23(29)21-15-20(25)9-10-22(21)26/h5-10,15,18H,3-4,11-14,16H2,1-2H3. The van der Waals surface area contributed by atoms with E-state index in [-0.39, 0.29) is 17.3 Å². The van der Waals surface area contributed by atoms with Crippen LogP contribution in [0, 0.1) is 17.6 Å². The van der Waals surface area contributed by atoms with Gasteiger partial charge in [0.1, 0.15) is 11.6 Å². The van der Waals surface area contributed by atoms with Crippen molar-refractivity contribution in [3.8, 4) is 0 Å². The summed E-state index contributed by atoms with van der Waals surface area (Å²) in [5.41, 5.74) is 1.58. The van der Waals surface area contributed by atoms with Crippen LogP contribution in [0.4, 0.5) is 8.78 Å². The van der Waals surface area contributed by atoms with Gasteiger partial charge in [0, 0.05) is 31.1 Å². The van der Waals surface area contributed by atoms with Gasteiger partial charge in [-0.1, -0.05) is 26.0 Å². The van der Waals surface area contributed by atoms with Crippen LogP contribution in [0.2, 0.25) is 0 Å². The monoisotopic (exact) mass is 414 g/mol. The van der Waals surface area contributed by atoms with Gasteiger partial charge in [-0.3, -0.25) is 14.5 Å². The molecular weight excluding hydrogens is 386 g/mol. The summed E-state index contributed by atoms with van der Waals surface area (Å²) in [6.45, 7) is 7.90. The molecular formula is C24H28F2N2O2. The zero-order valence-corrected chi connectivity index (χ0v) is 17.5. The smallest absolute Gasteiger partial charge is 0.253 e. The molecule has 3 rings (SSSR count). The summed E-state index contributed by atoms with van der Waals surface area (Å²) in [5.74, 6) is -2.18. The van der Waals surface area contributed by atoms with Gasteiger partial charge in [-0.2, -0.15) is 0 Å². The Bertz CT molecular complexity index is 887. The molecule has 0 bridgehead atoms. The highest BCUT2D eigenvalue weighted by atomic mass is 19.1. The van der Waals surface area contributed by atoms with Gasteiger partial charge in [-0.15, -0.1) is 0 Å². The Balaban J connectivity index is 1.58. The van der Waals surface area contributed by atoms with Gasteiger partial charge in [0.25, 0.3) is 5.91 Å². The second-order valence-corrected chi connectivity index (χ2v) is 7.71. The lowest BCUT2D eigenvalue weighted by Crippen LogP contribution is -2.40. The van der Waals surface area contributed by atoms with Crippen LogP contribution in [0.25, 0.3) is 0 Å². The molecule has 6 heteroatoms. The maximum atomic E-state index is 13.9. The lowest BCUT2D eigenvalue weighted by atomic mass is 9.88. The number of amides is 1. The minimum atomic E-state index is -0.704. The highest BCUT2D eigenvalue weighted by Crippen LogP contribution is 2.25. The summed E-state index contributed by atoms with van der Waals surface area (Å²) in [4.78, 5) is 29.4. The maximum Gasteiger partial charge on any atom is 0.253 e. The molecule has 2 aromatic carbocycles. The van der Waals surface area contributed by atoms with Crippen LogP contribution in [0.5, 0.6) is 0 Å². The minimum Gasteiger partial charge on any atom is -0.339 e. The second-order valence-electron chi connectivity index (χ2n) is 7.71. The van der Waals surface area contributed by atoms with Crippen molar-refractivity contribution in [1.82, 2.24) is 9.80 Å². The Morgan fingerprint density at radius 2 is 1.63 bits per heavy atom. The summed E-state index contributed by atoms with van der Waals surface area (Å²) >= 11 is 0. The van der Waals surface area contributed by atoms with Crippen LogP contribution in [0.1, 0.15) is 53.0 Å². The molecule has 1 saturated heterocycles. The highest BCUT2D eigenvalue weighted by molar-refractivity contribution is 5.98.